The summed E-state index contributed by atoms with van der Waals surface area (Å²) in [5, 5.41) is 3.41. The summed E-state index contributed by atoms with van der Waals surface area (Å²) < 4.78 is 0. The molecule has 0 saturated carbocycles. The Kier molecular flexibility index (Phi) is 3.74. The summed E-state index contributed by atoms with van der Waals surface area (Å²) in [6, 6.07) is 0.788. The van der Waals surface area contributed by atoms with Gasteiger partial charge in [-0.2, -0.15) is 0 Å². The van der Waals surface area contributed by atoms with Crippen molar-refractivity contribution < 1.29 is 0 Å². The van der Waals surface area contributed by atoms with Crippen LogP contribution in [0.5, 0.6) is 0 Å². The molecule has 0 spiro atoms. The molecule has 1 fully saturated rings. The molecule has 0 aromatic carbocycles. The maximum atomic E-state index is 3.41. The molecule has 0 radical (unpaired) electrons. The summed E-state index contributed by atoms with van der Waals surface area (Å²) >= 11 is 0. The summed E-state index contributed by atoms with van der Waals surface area (Å²) in [6.45, 7) is 9.34. The number of hydrogen-bond donors (Lipinski definition) is 1. The van der Waals surface area contributed by atoms with Crippen LogP contribution in [0.1, 0.15) is 40.0 Å². The maximum Gasteiger partial charge on any atom is 0.0150 e. The van der Waals surface area contributed by atoms with Gasteiger partial charge in [0.15, 0.2) is 0 Å². The van der Waals surface area contributed by atoms with Crippen molar-refractivity contribution in [1.82, 2.24) is 10.2 Å². The highest BCUT2D eigenvalue weighted by Crippen LogP contribution is 2.23. The van der Waals surface area contributed by atoms with E-state index < -0.39 is 0 Å². The highest BCUT2D eigenvalue weighted by Gasteiger charge is 2.28. The molecule has 0 amide bonds. The average molecular weight is 184 g/mol. The molecule has 0 aromatic heterocycles. The van der Waals surface area contributed by atoms with Crippen molar-refractivity contribution >= 4 is 0 Å². The van der Waals surface area contributed by atoms with Crippen molar-refractivity contribution in [3.05, 3.63) is 0 Å². The molecular weight excluding hydrogens is 160 g/mol. The van der Waals surface area contributed by atoms with Gasteiger partial charge in [-0.25, -0.2) is 0 Å². The molecule has 78 valence electrons. The number of nitrogens with zero attached hydrogens (tertiary/aromatic N) is 1. The number of piperidine rings is 1. The van der Waals surface area contributed by atoms with Gasteiger partial charge >= 0.3 is 0 Å². The minimum absolute atomic E-state index is 0.363. The lowest BCUT2D eigenvalue weighted by Crippen LogP contribution is -2.50. The van der Waals surface area contributed by atoms with Gasteiger partial charge in [0.25, 0.3) is 0 Å². The van der Waals surface area contributed by atoms with Crippen LogP contribution < -0.4 is 5.32 Å². The van der Waals surface area contributed by atoms with Crippen LogP contribution >= 0.6 is 0 Å². The fourth-order valence-electron chi connectivity index (χ4n) is 1.94. The van der Waals surface area contributed by atoms with Gasteiger partial charge in [0.1, 0.15) is 0 Å². The fourth-order valence-corrected chi connectivity index (χ4v) is 1.94. The Bertz CT molecular complexity index is 148. The van der Waals surface area contributed by atoms with E-state index in [1.165, 1.54) is 32.4 Å². The van der Waals surface area contributed by atoms with E-state index in [0.717, 1.165) is 6.04 Å². The first-order valence-electron chi connectivity index (χ1n) is 5.51. The number of rotatable bonds is 3. The van der Waals surface area contributed by atoms with E-state index >= 15 is 0 Å². The van der Waals surface area contributed by atoms with Crippen molar-refractivity contribution in [1.29, 1.82) is 0 Å². The Labute approximate surface area is 82.7 Å². The van der Waals surface area contributed by atoms with Crippen molar-refractivity contribution in [3.8, 4) is 0 Å². The van der Waals surface area contributed by atoms with Gasteiger partial charge in [0.05, 0.1) is 0 Å². The van der Waals surface area contributed by atoms with Gasteiger partial charge in [0.2, 0.25) is 0 Å². The van der Waals surface area contributed by atoms with Crippen molar-refractivity contribution in [3.63, 3.8) is 0 Å². The van der Waals surface area contributed by atoms with Gasteiger partial charge in [-0.15, -0.1) is 0 Å². The predicted molar refractivity (Wildman–Crippen MR) is 58.0 cm³/mol. The number of nitrogens with one attached hydrogen (secondary N) is 1. The van der Waals surface area contributed by atoms with Crippen molar-refractivity contribution in [2.24, 2.45) is 0 Å². The Morgan fingerprint density at radius 2 is 1.85 bits per heavy atom. The topological polar surface area (TPSA) is 15.3 Å². The molecule has 0 aromatic rings. The quantitative estimate of drug-likeness (QED) is 0.720. The zero-order valence-electron chi connectivity index (χ0n) is 9.56. The largest absolute Gasteiger partial charge is 0.317 e. The molecule has 1 aliphatic heterocycles. The Hall–Kier alpha value is -0.0800. The van der Waals surface area contributed by atoms with E-state index in [-0.39, 0.29) is 0 Å². The lowest BCUT2D eigenvalue weighted by molar-refractivity contribution is 0.0788. The molecule has 2 nitrogen and oxygen atoms in total. The molecular formula is C11H24N2. The molecule has 0 aliphatic carbocycles. The molecule has 1 heterocycles. The molecule has 1 rings (SSSR count). The van der Waals surface area contributed by atoms with E-state index in [0.29, 0.717) is 5.54 Å². The second-order valence-electron chi connectivity index (χ2n) is 4.76. The molecule has 0 unspecified atom stereocenters. The van der Waals surface area contributed by atoms with Crippen LogP contribution in [0.15, 0.2) is 0 Å². The van der Waals surface area contributed by atoms with Gasteiger partial charge in [-0.05, 0) is 53.2 Å². The third-order valence-electron chi connectivity index (χ3n) is 3.68. The van der Waals surface area contributed by atoms with E-state index in [1.807, 2.05) is 0 Å². The zero-order valence-corrected chi connectivity index (χ0v) is 9.56. The second-order valence-corrected chi connectivity index (χ2v) is 4.76. The first-order valence-corrected chi connectivity index (χ1v) is 5.51. The standard InChI is InChI=1S/C11H24N2/c1-5-11(2,3)13(4)10-6-8-12-9-7-10/h10,12H,5-9H2,1-4H3. The van der Waals surface area contributed by atoms with Crippen LogP contribution in [0, 0.1) is 0 Å². The highest BCUT2D eigenvalue weighted by atomic mass is 15.2. The minimum Gasteiger partial charge on any atom is -0.317 e. The van der Waals surface area contributed by atoms with Crippen LogP contribution in [-0.2, 0) is 0 Å². The molecule has 2 heteroatoms. The van der Waals surface area contributed by atoms with E-state index in [9.17, 15) is 0 Å². The van der Waals surface area contributed by atoms with Crippen LogP contribution in [0.3, 0.4) is 0 Å². The smallest absolute Gasteiger partial charge is 0.0150 e. The van der Waals surface area contributed by atoms with Crippen molar-refractivity contribution in [2.75, 3.05) is 20.1 Å². The zero-order chi connectivity index (χ0) is 9.90. The van der Waals surface area contributed by atoms with Gasteiger partial charge < -0.3 is 5.32 Å². The summed E-state index contributed by atoms with van der Waals surface area (Å²) in [6.07, 6.45) is 3.84. The Morgan fingerprint density at radius 1 is 1.31 bits per heavy atom. The summed E-state index contributed by atoms with van der Waals surface area (Å²) in [4.78, 5) is 2.56. The molecule has 1 saturated heterocycles. The van der Waals surface area contributed by atoms with Crippen molar-refractivity contribution in [2.45, 2.75) is 51.6 Å². The average Bonchev–Trinajstić information content (AvgIpc) is 2.18. The predicted octanol–water partition coefficient (Wildman–Crippen LogP) is 1.86. The molecule has 0 bridgehead atoms. The number of hydrogen-bond acceptors (Lipinski definition) is 2. The van der Waals surface area contributed by atoms with E-state index in [2.05, 4.69) is 38.0 Å². The van der Waals surface area contributed by atoms with Crippen LogP contribution in [0.4, 0.5) is 0 Å². The maximum absolute atomic E-state index is 3.41. The Morgan fingerprint density at radius 3 is 2.31 bits per heavy atom. The van der Waals surface area contributed by atoms with Crippen LogP contribution in [0.2, 0.25) is 0 Å². The lowest BCUT2D eigenvalue weighted by atomic mass is 9.94. The Balaban J connectivity index is 2.49. The highest BCUT2D eigenvalue weighted by molar-refractivity contribution is 4.85. The van der Waals surface area contributed by atoms with Gasteiger partial charge in [0, 0.05) is 11.6 Å². The van der Waals surface area contributed by atoms with E-state index in [4.69, 9.17) is 0 Å². The molecule has 0 atom stereocenters. The lowest BCUT2D eigenvalue weighted by Gasteiger charge is -2.42. The monoisotopic (exact) mass is 184 g/mol. The summed E-state index contributed by atoms with van der Waals surface area (Å²) in [5.41, 5.74) is 0.363. The summed E-state index contributed by atoms with van der Waals surface area (Å²) in [7, 11) is 2.28. The normalized spacial score (nSPS) is 21.0. The molecule has 13 heavy (non-hydrogen) atoms. The minimum atomic E-state index is 0.363. The second kappa shape index (κ2) is 4.43. The summed E-state index contributed by atoms with van der Waals surface area (Å²) in [5.74, 6) is 0. The first kappa shape index (κ1) is 11.0. The van der Waals surface area contributed by atoms with Crippen LogP contribution in [0.25, 0.3) is 0 Å². The van der Waals surface area contributed by atoms with E-state index in [1.54, 1.807) is 0 Å². The fraction of sp³-hybridized carbons (Fsp3) is 1.00. The first-order chi connectivity index (χ1) is 6.08. The van der Waals surface area contributed by atoms with Gasteiger partial charge in [-0.1, -0.05) is 6.92 Å². The van der Waals surface area contributed by atoms with Crippen LogP contribution in [-0.4, -0.2) is 36.6 Å². The molecule has 1 aliphatic rings. The third-order valence-corrected chi connectivity index (χ3v) is 3.68. The molecule has 1 N–H and O–H groups in total. The van der Waals surface area contributed by atoms with Gasteiger partial charge in [-0.3, -0.25) is 4.90 Å². The third kappa shape index (κ3) is 2.68. The SMILES string of the molecule is CCC(C)(C)N(C)C1CCNCC1.